The van der Waals surface area contributed by atoms with Crippen LogP contribution < -0.4 is 14.2 Å². The Morgan fingerprint density at radius 1 is 1.08 bits per heavy atom. The Bertz CT molecular complexity index is 1260. The predicted octanol–water partition coefficient (Wildman–Crippen LogP) is 4.71. The van der Waals surface area contributed by atoms with Gasteiger partial charge >= 0.3 is 5.97 Å². The molecule has 1 aliphatic heterocycles. The summed E-state index contributed by atoms with van der Waals surface area (Å²) in [5, 5.41) is 22.3. The number of fused-ring (bicyclic) bond motifs is 1. The maximum absolute atomic E-state index is 10.9. The number of carboxylic acid groups (broad SMARTS) is 1. The van der Waals surface area contributed by atoms with Gasteiger partial charge in [-0.2, -0.15) is 5.26 Å². The molecule has 0 amide bonds. The molecule has 3 aromatic carbocycles. The molecule has 0 aliphatic carbocycles. The minimum Gasteiger partial charge on any atom is -0.493 e. The molecule has 1 atom stereocenters. The fraction of sp³-hybridized carbons (Fsp3) is 0.250. The lowest BCUT2D eigenvalue weighted by Crippen LogP contribution is -2.14. The third-order valence-electron chi connectivity index (χ3n) is 5.75. The van der Waals surface area contributed by atoms with Gasteiger partial charge in [0.15, 0.2) is 0 Å². The first-order valence-electron chi connectivity index (χ1n) is 11.5. The smallest absolute Gasteiger partial charge is 0.305 e. The summed E-state index contributed by atoms with van der Waals surface area (Å²) in [4.78, 5) is 15.9. The van der Waals surface area contributed by atoms with Gasteiger partial charge in [0, 0.05) is 12.0 Å². The van der Waals surface area contributed by atoms with Crippen LogP contribution in [0.3, 0.4) is 0 Å². The van der Waals surface area contributed by atoms with Crippen molar-refractivity contribution in [1.29, 1.82) is 5.26 Å². The van der Waals surface area contributed by atoms with Crippen LogP contribution in [0.15, 0.2) is 71.9 Å². The van der Waals surface area contributed by atoms with Gasteiger partial charge in [-0.05, 0) is 59.2 Å². The summed E-state index contributed by atoms with van der Waals surface area (Å²) in [7, 11) is 1.51. The second-order valence-corrected chi connectivity index (χ2v) is 8.21. The number of carbonyl (C=O) groups is 1. The molecule has 1 heterocycles. The van der Waals surface area contributed by atoms with Crippen LogP contribution in [-0.4, -0.2) is 37.1 Å². The van der Waals surface area contributed by atoms with E-state index in [0.29, 0.717) is 36.0 Å². The van der Waals surface area contributed by atoms with Crippen LogP contribution in [0.1, 0.15) is 34.6 Å². The van der Waals surface area contributed by atoms with Crippen molar-refractivity contribution in [3.63, 3.8) is 0 Å². The van der Waals surface area contributed by atoms with Crippen molar-refractivity contribution in [2.75, 3.05) is 20.3 Å². The van der Waals surface area contributed by atoms with Crippen LogP contribution in [0, 0.1) is 11.3 Å². The van der Waals surface area contributed by atoms with Gasteiger partial charge in [0.2, 0.25) is 0 Å². The van der Waals surface area contributed by atoms with Crippen molar-refractivity contribution in [2.45, 2.75) is 25.4 Å². The lowest BCUT2D eigenvalue weighted by molar-refractivity contribution is -0.137. The van der Waals surface area contributed by atoms with Crippen LogP contribution in [0.25, 0.3) is 0 Å². The van der Waals surface area contributed by atoms with Crippen LogP contribution >= 0.6 is 0 Å². The van der Waals surface area contributed by atoms with E-state index in [2.05, 4.69) is 11.2 Å². The number of nitriles is 1. The fourth-order valence-electron chi connectivity index (χ4n) is 3.85. The van der Waals surface area contributed by atoms with Crippen molar-refractivity contribution in [1.82, 2.24) is 0 Å². The lowest BCUT2D eigenvalue weighted by atomic mass is 9.97. The zero-order valence-electron chi connectivity index (χ0n) is 19.8. The molecule has 0 aromatic heterocycles. The highest BCUT2D eigenvalue weighted by atomic mass is 16.6. The van der Waals surface area contributed by atoms with E-state index in [1.165, 1.54) is 7.11 Å². The first kappa shape index (κ1) is 24.6. The summed E-state index contributed by atoms with van der Waals surface area (Å²) in [5.74, 6) is 0.545. The Kier molecular flexibility index (Phi) is 8.04. The molecule has 4 rings (SSSR count). The second-order valence-electron chi connectivity index (χ2n) is 8.21. The summed E-state index contributed by atoms with van der Waals surface area (Å²) in [5.41, 5.74) is 4.38. The Morgan fingerprint density at radius 2 is 1.81 bits per heavy atom. The molecule has 0 spiro atoms. The molecule has 184 valence electrons. The molecule has 8 heteroatoms. The van der Waals surface area contributed by atoms with Gasteiger partial charge in [-0.3, -0.25) is 4.79 Å². The summed E-state index contributed by atoms with van der Waals surface area (Å²) in [6.07, 6.45) is 0.648. The molecule has 0 saturated carbocycles. The largest absolute Gasteiger partial charge is 0.493 e. The molecular formula is C28H26N2O6. The number of aliphatic carboxylic acids is 1. The van der Waals surface area contributed by atoms with Gasteiger partial charge in [0.05, 0.1) is 25.0 Å². The number of hydrogen-bond acceptors (Lipinski definition) is 7. The molecule has 1 unspecified atom stereocenters. The topological polar surface area (TPSA) is 110 Å². The third kappa shape index (κ3) is 6.33. The number of hydrogen-bond donors (Lipinski definition) is 1. The molecular weight excluding hydrogens is 460 g/mol. The van der Waals surface area contributed by atoms with Crippen molar-refractivity contribution in [3.8, 4) is 23.3 Å². The first-order chi connectivity index (χ1) is 17.6. The Balaban J connectivity index is 1.31. The summed E-state index contributed by atoms with van der Waals surface area (Å²) in [6.45, 7) is 1.30. The molecule has 8 nitrogen and oxygen atoms in total. The fourth-order valence-corrected chi connectivity index (χ4v) is 3.85. The van der Waals surface area contributed by atoms with E-state index in [0.717, 1.165) is 28.9 Å². The van der Waals surface area contributed by atoms with E-state index >= 15 is 0 Å². The maximum Gasteiger partial charge on any atom is 0.305 e. The summed E-state index contributed by atoms with van der Waals surface area (Å²) >= 11 is 0. The van der Waals surface area contributed by atoms with Crippen LogP contribution in [0.4, 0.5) is 0 Å². The molecule has 1 N–H and O–H groups in total. The molecule has 36 heavy (non-hydrogen) atoms. The van der Waals surface area contributed by atoms with Gasteiger partial charge in [0.1, 0.15) is 43.3 Å². The van der Waals surface area contributed by atoms with Crippen LogP contribution in [-0.2, 0) is 22.7 Å². The minimum atomic E-state index is -1.00. The number of oxime groups is 1. The Labute approximate surface area is 209 Å². The van der Waals surface area contributed by atoms with Crippen molar-refractivity contribution >= 4 is 11.7 Å². The quantitative estimate of drug-likeness (QED) is 0.309. The van der Waals surface area contributed by atoms with Crippen molar-refractivity contribution in [2.24, 2.45) is 5.16 Å². The lowest BCUT2D eigenvalue weighted by Gasteiger charge is -2.11. The average Bonchev–Trinajstić information content (AvgIpc) is 3.37. The van der Waals surface area contributed by atoms with E-state index in [4.69, 9.17) is 24.2 Å². The number of nitrogens with zero attached hydrogens (tertiary/aromatic N) is 2. The van der Waals surface area contributed by atoms with Gasteiger partial charge in [-0.25, -0.2) is 0 Å². The zero-order chi connectivity index (χ0) is 25.3. The van der Waals surface area contributed by atoms with E-state index in [9.17, 15) is 10.1 Å². The predicted molar refractivity (Wildman–Crippen MR) is 133 cm³/mol. The number of benzene rings is 3. The van der Waals surface area contributed by atoms with E-state index in [1.807, 2.05) is 42.5 Å². The highest BCUT2D eigenvalue weighted by Gasteiger charge is 2.16. The van der Waals surface area contributed by atoms with Crippen molar-refractivity contribution in [3.05, 3.63) is 89.0 Å². The molecule has 3 aromatic rings. The van der Waals surface area contributed by atoms with Crippen LogP contribution in [0.2, 0.25) is 0 Å². The standard InChI is InChI=1S/C28H26N2O6/c1-33-30-26(21-6-11-27-22(14-21)12-13-34-27)18-36-24-7-2-19(3-8-24)17-35-25-9-4-20(5-10-25)23(16-29)15-28(31)32/h2-11,14,23H,12-13,15,17-18H2,1H3,(H,31,32)/b30-26+. The summed E-state index contributed by atoms with van der Waals surface area (Å²) < 4.78 is 17.3. The zero-order valence-corrected chi connectivity index (χ0v) is 19.8. The highest BCUT2D eigenvalue weighted by molar-refractivity contribution is 6.01. The second kappa shape index (κ2) is 11.8. The normalized spacial score (nSPS) is 13.2. The van der Waals surface area contributed by atoms with Crippen LogP contribution in [0.5, 0.6) is 17.2 Å². The Hall–Kier alpha value is -4.51. The van der Waals surface area contributed by atoms with Gasteiger partial charge in [-0.15, -0.1) is 0 Å². The van der Waals surface area contributed by atoms with E-state index < -0.39 is 11.9 Å². The number of carboxylic acids is 1. The molecule has 0 fully saturated rings. The number of rotatable bonds is 11. The number of ether oxygens (including phenoxy) is 3. The minimum absolute atomic E-state index is 0.230. The average molecular weight is 487 g/mol. The van der Waals surface area contributed by atoms with E-state index in [1.54, 1.807) is 24.3 Å². The molecule has 1 aliphatic rings. The summed E-state index contributed by atoms with van der Waals surface area (Å²) in [6, 6.07) is 22.5. The van der Waals surface area contributed by atoms with Crippen molar-refractivity contribution < 1.29 is 28.9 Å². The Morgan fingerprint density at radius 3 is 2.50 bits per heavy atom. The third-order valence-corrected chi connectivity index (χ3v) is 5.75. The van der Waals surface area contributed by atoms with Gasteiger partial charge in [0.25, 0.3) is 0 Å². The molecule has 0 bridgehead atoms. The highest BCUT2D eigenvalue weighted by Crippen LogP contribution is 2.27. The monoisotopic (exact) mass is 486 g/mol. The van der Waals surface area contributed by atoms with E-state index in [-0.39, 0.29) is 13.0 Å². The SMILES string of the molecule is CO/N=C(\COc1ccc(COc2ccc(C(C#N)CC(=O)O)cc2)cc1)c1ccc2c(c1)CCO2. The molecule has 0 saturated heterocycles. The maximum atomic E-state index is 10.9. The van der Waals surface area contributed by atoms with Gasteiger partial charge in [-0.1, -0.05) is 29.4 Å². The molecule has 0 radical (unpaired) electrons. The van der Waals surface area contributed by atoms with Gasteiger partial charge < -0.3 is 24.2 Å². The first-order valence-corrected chi connectivity index (χ1v) is 11.5.